The van der Waals surface area contributed by atoms with Crippen molar-refractivity contribution in [3.63, 3.8) is 0 Å². The number of hydrogen-bond donors (Lipinski definition) is 2. The minimum atomic E-state index is -4.82. The molecule has 0 aliphatic carbocycles. The van der Waals surface area contributed by atoms with E-state index in [1.165, 1.54) is 5.01 Å². The Hall–Kier alpha value is -1.15. The number of hydrazine groups is 1. The van der Waals surface area contributed by atoms with Gasteiger partial charge in [0.25, 0.3) is 0 Å². The lowest BCUT2D eigenvalue weighted by Crippen LogP contribution is -2.46. The number of nitrogens with two attached hydrogens (primary N) is 1. The fraction of sp³-hybridized carbons (Fsp3) is 0.867. The molecule has 0 radical (unpaired) electrons. The van der Waals surface area contributed by atoms with Crippen LogP contribution in [0.3, 0.4) is 0 Å². The van der Waals surface area contributed by atoms with Crippen molar-refractivity contribution in [1.82, 2.24) is 10.3 Å². The van der Waals surface area contributed by atoms with Gasteiger partial charge in [-0.15, -0.1) is 0 Å². The third kappa shape index (κ3) is 11.1. The van der Waals surface area contributed by atoms with E-state index in [0.717, 1.165) is 0 Å². The van der Waals surface area contributed by atoms with Crippen LogP contribution in [0.15, 0.2) is 0 Å². The molecule has 1 amide bonds. The highest BCUT2D eigenvalue weighted by Gasteiger charge is 2.37. The molecule has 8 heteroatoms. The molecule has 0 saturated heterocycles. The minimum Gasteiger partial charge on any atom is -0.352 e. The van der Waals surface area contributed by atoms with Gasteiger partial charge in [-0.1, -0.05) is 27.7 Å². The van der Waals surface area contributed by atoms with Gasteiger partial charge in [0.2, 0.25) is 11.7 Å². The standard InChI is InChI=1S/C15H28F3N3O2/c1-10(2)7-12(5-6-13(22)15(16,17)18)20-14(23)9-21(19)8-11(3)4/h10-12H,5-9,19H2,1-4H3,(H,20,23). The van der Waals surface area contributed by atoms with Gasteiger partial charge in [-0.2, -0.15) is 13.2 Å². The van der Waals surface area contributed by atoms with Crippen molar-refractivity contribution in [2.45, 2.75) is 59.2 Å². The molecule has 1 atom stereocenters. The Morgan fingerprint density at radius 1 is 1.13 bits per heavy atom. The third-order valence-corrected chi connectivity index (χ3v) is 3.10. The number of rotatable bonds is 10. The Balaban J connectivity index is 4.49. The summed E-state index contributed by atoms with van der Waals surface area (Å²) in [6.45, 7) is 8.23. The minimum absolute atomic E-state index is 0.0278. The molecule has 0 fully saturated rings. The van der Waals surface area contributed by atoms with E-state index in [1.54, 1.807) is 0 Å². The number of nitrogens with one attached hydrogen (secondary N) is 1. The van der Waals surface area contributed by atoms with Gasteiger partial charge in [0.05, 0.1) is 6.54 Å². The first kappa shape index (κ1) is 21.9. The van der Waals surface area contributed by atoms with Crippen molar-refractivity contribution in [3.8, 4) is 0 Å². The first-order chi connectivity index (χ1) is 10.4. The van der Waals surface area contributed by atoms with E-state index in [4.69, 9.17) is 5.84 Å². The average molecular weight is 339 g/mol. The predicted octanol–water partition coefficient (Wildman–Crippen LogP) is 2.26. The maximum atomic E-state index is 12.3. The molecule has 0 spiro atoms. The fourth-order valence-corrected chi connectivity index (χ4v) is 2.26. The molecule has 1 unspecified atom stereocenters. The Kier molecular flexibility index (Phi) is 9.38. The molecule has 5 nitrogen and oxygen atoms in total. The number of carbonyl (C=O) groups excluding carboxylic acids is 2. The summed E-state index contributed by atoms with van der Waals surface area (Å²) in [5, 5.41) is 4.05. The van der Waals surface area contributed by atoms with Gasteiger partial charge >= 0.3 is 6.18 Å². The van der Waals surface area contributed by atoms with Crippen molar-refractivity contribution in [3.05, 3.63) is 0 Å². The van der Waals surface area contributed by atoms with Gasteiger partial charge in [0.15, 0.2) is 0 Å². The van der Waals surface area contributed by atoms with Gasteiger partial charge in [-0.05, 0) is 24.7 Å². The van der Waals surface area contributed by atoms with Crippen LogP contribution in [0.1, 0.15) is 47.0 Å². The Morgan fingerprint density at radius 2 is 1.70 bits per heavy atom. The summed E-state index contributed by atoms with van der Waals surface area (Å²) >= 11 is 0. The second-order valence-corrected chi connectivity index (χ2v) is 6.68. The highest BCUT2D eigenvalue weighted by Crippen LogP contribution is 2.20. The number of amides is 1. The first-order valence-electron chi connectivity index (χ1n) is 7.80. The lowest BCUT2D eigenvalue weighted by Gasteiger charge is -2.23. The lowest BCUT2D eigenvalue weighted by atomic mass is 9.98. The van der Waals surface area contributed by atoms with Crippen molar-refractivity contribution < 1.29 is 22.8 Å². The lowest BCUT2D eigenvalue weighted by molar-refractivity contribution is -0.171. The SMILES string of the molecule is CC(C)CC(CCC(=O)C(F)(F)F)NC(=O)CN(N)CC(C)C. The van der Waals surface area contributed by atoms with E-state index >= 15 is 0 Å². The molecular formula is C15H28F3N3O2. The number of ketones is 1. The van der Waals surface area contributed by atoms with E-state index in [2.05, 4.69) is 5.32 Å². The Bertz CT molecular complexity index is 385. The number of carbonyl (C=O) groups is 2. The maximum Gasteiger partial charge on any atom is 0.449 e. The van der Waals surface area contributed by atoms with Crippen LogP contribution < -0.4 is 11.2 Å². The van der Waals surface area contributed by atoms with Crippen LogP contribution >= 0.6 is 0 Å². The zero-order chi connectivity index (χ0) is 18.2. The Morgan fingerprint density at radius 3 is 2.13 bits per heavy atom. The van der Waals surface area contributed by atoms with Crippen LogP contribution in [0.4, 0.5) is 13.2 Å². The van der Waals surface area contributed by atoms with Crippen LogP contribution in [-0.4, -0.2) is 42.0 Å². The highest BCUT2D eigenvalue weighted by atomic mass is 19.4. The van der Waals surface area contributed by atoms with E-state index in [0.29, 0.717) is 18.9 Å². The molecule has 0 bridgehead atoms. The molecule has 0 aromatic rings. The van der Waals surface area contributed by atoms with Gasteiger partial charge in [0, 0.05) is 19.0 Å². The normalized spacial score (nSPS) is 13.7. The number of alkyl halides is 3. The maximum absolute atomic E-state index is 12.3. The van der Waals surface area contributed by atoms with E-state index < -0.39 is 24.4 Å². The predicted molar refractivity (Wildman–Crippen MR) is 82.3 cm³/mol. The van der Waals surface area contributed by atoms with E-state index in [-0.39, 0.29) is 24.8 Å². The first-order valence-corrected chi connectivity index (χ1v) is 7.80. The summed E-state index contributed by atoms with van der Waals surface area (Å²) in [7, 11) is 0. The van der Waals surface area contributed by atoms with E-state index in [9.17, 15) is 22.8 Å². The van der Waals surface area contributed by atoms with Gasteiger partial charge in [0.1, 0.15) is 0 Å². The van der Waals surface area contributed by atoms with E-state index in [1.807, 2.05) is 27.7 Å². The fourth-order valence-electron chi connectivity index (χ4n) is 2.26. The largest absolute Gasteiger partial charge is 0.449 e. The quantitative estimate of drug-likeness (QED) is 0.473. The summed E-state index contributed by atoms with van der Waals surface area (Å²) in [6, 6.07) is -0.471. The summed E-state index contributed by atoms with van der Waals surface area (Å²) in [5.74, 6) is 4.07. The number of nitrogens with zero attached hydrogens (tertiary/aromatic N) is 1. The van der Waals surface area contributed by atoms with Crippen molar-refractivity contribution in [1.29, 1.82) is 0 Å². The molecule has 0 aliphatic heterocycles. The molecule has 136 valence electrons. The highest BCUT2D eigenvalue weighted by molar-refractivity contribution is 5.84. The third-order valence-electron chi connectivity index (χ3n) is 3.10. The van der Waals surface area contributed by atoms with Gasteiger partial charge in [-0.25, -0.2) is 5.01 Å². The summed E-state index contributed by atoms with van der Waals surface area (Å²) < 4.78 is 36.8. The van der Waals surface area contributed by atoms with Gasteiger partial charge in [-0.3, -0.25) is 15.4 Å². The second kappa shape index (κ2) is 9.87. The van der Waals surface area contributed by atoms with Crippen LogP contribution in [0, 0.1) is 11.8 Å². The molecule has 0 aliphatic rings. The second-order valence-electron chi connectivity index (χ2n) is 6.68. The summed E-state index contributed by atoms with van der Waals surface area (Å²) in [4.78, 5) is 22.9. The zero-order valence-electron chi connectivity index (χ0n) is 14.2. The summed E-state index contributed by atoms with van der Waals surface area (Å²) in [6.07, 6.45) is -4.97. The number of halogens is 3. The zero-order valence-corrected chi connectivity index (χ0v) is 14.2. The molecule has 3 N–H and O–H groups in total. The molecule has 0 aromatic carbocycles. The monoisotopic (exact) mass is 339 g/mol. The van der Waals surface area contributed by atoms with Crippen LogP contribution in [0.25, 0.3) is 0 Å². The molecule has 0 heterocycles. The van der Waals surface area contributed by atoms with Crippen molar-refractivity contribution in [2.75, 3.05) is 13.1 Å². The van der Waals surface area contributed by atoms with Crippen molar-refractivity contribution in [2.24, 2.45) is 17.7 Å². The molecule has 0 rings (SSSR count). The smallest absolute Gasteiger partial charge is 0.352 e. The Labute approximate surface area is 135 Å². The molecular weight excluding hydrogens is 311 g/mol. The number of hydrogen-bond acceptors (Lipinski definition) is 4. The summed E-state index contributed by atoms with van der Waals surface area (Å²) in [5.41, 5.74) is 0. The van der Waals surface area contributed by atoms with Gasteiger partial charge < -0.3 is 5.32 Å². The molecule has 23 heavy (non-hydrogen) atoms. The molecule has 0 saturated carbocycles. The topological polar surface area (TPSA) is 75.4 Å². The van der Waals surface area contributed by atoms with Crippen LogP contribution in [-0.2, 0) is 9.59 Å². The average Bonchev–Trinajstić information content (AvgIpc) is 2.31. The van der Waals surface area contributed by atoms with Crippen LogP contribution in [0.2, 0.25) is 0 Å². The van der Waals surface area contributed by atoms with Crippen LogP contribution in [0.5, 0.6) is 0 Å². The van der Waals surface area contributed by atoms with Crippen molar-refractivity contribution >= 4 is 11.7 Å². The molecule has 0 aromatic heterocycles. The number of Topliss-reactive ketones (excluding diaryl/α,β-unsaturated/α-hetero) is 1.